The van der Waals surface area contributed by atoms with Gasteiger partial charge < -0.3 is 9.69 Å². The largest absolute Gasteiger partial charge is 0.325 e. The normalized spacial score (nSPS) is 9.56. The molecule has 0 aliphatic heterocycles. The summed E-state index contributed by atoms with van der Waals surface area (Å²) in [5, 5.41) is 0. The second-order valence-electron chi connectivity index (χ2n) is 3.24. The van der Waals surface area contributed by atoms with Crippen LogP contribution in [0.3, 0.4) is 0 Å². The summed E-state index contributed by atoms with van der Waals surface area (Å²) < 4.78 is 12.6. The maximum Gasteiger partial charge on any atom is 0.254 e. The Bertz CT molecular complexity index is 389. The number of halogens is 1. The number of rotatable bonds is 5. The van der Waals surface area contributed by atoms with Crippen molar-refractivity contribution in [1.82, 2.24) is 4.90 Å². The molecule has 0 aromatic heterocycles. The van der Waals surface area contributed by atoms with Crippen LogP contribution in [-0.2, 0) is 4.79 Å². The predicted octanol–water partition coefficient (Wildman–Crippen LogP) is 1.81. The van der Waals surface area contributed by atoms with E-state index in [1.54, 1.807) is 30.3 Å². The van der Waals surface area contributed by atoms with E-state index in [0.29, 0.717) is 11.8 Å². The van der Waals surface area contributed by atoms with Gasteiger partial charge in [-0.25, -0.2) is 4.39 Å². The third-order valence-corrected chi connectivity index (χ3v) is 1.97. The molecule has 16 heavy (non-hydrogen) atoms. The van der Waals surface area contributed by atoms with Crippen molar-refractivity contribution >= 4 is 12.2 Å². The van der Waals surface area contributed by atoms with Crippen LogP contribution in [0, 0.1) is 0 Å². The summed E-state index contributed by atoms with van der Waals surface area (Å²) in [5.41, 5.74) is 0.422. The highest BCUT2D eigenvalue weighted by atomic mass is 19.1. The summed E-state index contributed by atoms with van der Waals surface area (Å²) in [6.07, 6.45) is 0.559. The SMILES string of the molecule is C=C(F)CN(CC=O)C(=O)c1ccccc1. The molecule has 0 atom stereocenters. The van der Waals surface area contributed by atoms with Gasteiger partial charge in [0.05, 0.1) is 13.1 Å². The molecule has 3 nitrogen and oxygen atoms in total. The molecule has 0 aliphatic carbocycles. The van der Waals surface area contributed by atoms with Crippen LogP contribution in [0.25, 0.3) is 0 Å². The van der Waals surface area contributed by atoms with E-state index in [2.05, 4.69) is 6.58 Å². The van der Waals surface area contributed by atoms with Crippen LogP contribution >= 0.6 is 0 Å². The van der Waals surface area contributed by atoms with E-state index in [1.807, 2.05) is 0 Å². The standard InChI is InChI=1S/C12H12FNO2/c1-10(13)9-14(7-8-15)12(16)11-5-3-2-4-6-11/h2-6,8H,1,7,9H2. The van der Waals surface area contributed by atoms with Crippen LogP contribution in [0.4, 0.5) is 4.39 Å². The zero-order chi connectivity index (χ0) is 12.0. The fraction of sp³-hybridized carbons (Fsp3) is 0.167. The van der Waals surface area contributed by atoms with Crippen LogP contribution in [-0.4, -0.2) is 30.2 Å². The predicted molar refractivity (Wildman–Crippen MR) is 58.7 cm³/mol. The third kappa shape index (κ3) is 3.31. The highest BCUT2D eigenvalue weighted by Crippen LogP contribution is 2.06. The molecule has 1 aromatic carbocycles. The minimum Gasteiger partial charge on any atom is -0.325 e. The number of carbonyl (C=O) groups excluding carboxylic acids is 2. The van der Waals surface area contributed by atoms with Crippen LogP contribution in [0.5, 0.6) is 0 Å². The van der Waals surface area contributed by atoms with Gasteiger partial charge in [0.15, 0.2) is 0 Å². The number of nitrogens with zero attached hydrogens (tertiary/aromatic N) is 1. The zero-order valence-electron chi connectivity index (χ0n) is 8.73. The maximum absolute atomic E-state index is 12.6. The van der Waals surface area contributed by atoms with Crippen molar-refractivity contribution in [2.24, 2.45) is 0 Å². The van der Waals surface area contributed by atoms with Gasteiger partial charge >= 0.3 is 0 Å². The van der Waals surface area contributed by atoms with E-state index in [0.717, 1.165) is 4.90 Å². The van der Waals surface area contributed by atoms with Gasteiger partial charge in [-0.05, 0) is 12.1 Å². The molecule has 0 saturated heterocycles. The quantitative estimate of drug-likeness (QED) is 0.711. The molecule has 1 aromatic rings. The fourth-order valence-electron chi connectivity index (χ4n) is 1.28. The first-order chi connectivity index (χ1) is 7.65. The van der Waals surface area contributed by atoms with Crippen LogP contribution < -0.4 is 0 Å². The van der Waals surface area contributed by atoms with E-state index in [1.165, 1.54) is 0 Å². The monoisotopic (exact) mass is 221 g/mol. The molecule has 0 bridgehead atoms. The lowest BCUT2D eigenvalue weighted by atomic mass is 10.2. The van der Waals surface area contributed by atoms with Gasteiger partial charge in [0, 0.05) is 5.56 Å². The third-order valence-electron chi connectivity index (χ3n) is 1.97. The second kappa shape index (κ2) is 5.80. The Hall–Kier alpha value is -1.97. The van der Waals surface area contributed by atoms with Gasteiger partial charge in [-0.15, -0.1) is 0 Å². The Morgan fingerprint density at radius 2 is 2.00 bits per heavy atom. The van der Waals surface area contributed by atoms with E-state index >= 15 is 0 Å². The maximum atomic E-state index is 12.6. The van der Waals surface area contributed by atoms with Gasteiger partial charge in [-0.2, -0.15) is 0 Å². The molecule has 1 amide bonds. The minimum atomic E-state index is -0.647. The highest BCUT2D eigenvalue weighted by Gasteiger charge is 2.15. The highest BCUT2D eigenvalue weighted by molar-refractivity contribution is 5.95. The van der Waals surface area contributed by atoms with E-state index in [9.17, 15) is 14.0 Å². The molecule has 0 radical (unpaired) electrons. The Morgan fingerprint density at radius 1 is 1.38 bits per heavy atom. The molecule has 84 valence electrons. The first kappa shape index (κ1) is 12.1. The van der Waals surface area contributed by atoms with E-state index < -0.39 is 5.83 Å². The van der Waals surface area contributed by atoms with Crippen LogP contribution in [0.1, 0.15) is 10.4 Å². The summed E-state index contributed by atoms with van der Waals surface area (Å²) in [7, 11) is 0. The van der Waals surface area contributed by atoms with Crippen molar-refractivity contribution in [2.75, 3.05) is 13.1 Å². The van der Waals surface area contributed by atoms with Gasteiger partial charge in [-0.3, -0.25) is 4.79 Å². The Morgan fingerprint density at radius 3 is 2.50 bits per heavy atom. The van der Waals surface area contributed by atoms with Gasteiger partial charge in [0.1, 0.15) is 12.1 Å². The molecule has 0 spiro atoms. The van der Waals surface area contributed by atoms with E-state index in [-0.39, 0.29) is 19.0 Å². The lowest BCUT2D eigenvalue weighted by molar-refractivity contribution is -0.108. The van der Waals surface area contributed by atoms with Crippen molar-refractivity contribution in [3.63, 3.8) is 0 Å². The summed E-state index contributed by atoms with van der Waals surface area (Å²) in [5.74, 6) is -1.03. The smallest absolute Gasteiger partial charge is 0.254 e. The van der Waals surface area contributed by atoms with E-state index in [4.69, 9.17) is 0 Å². The Labute approximate surface area is 93.2 Å². The Kier molecular flexibility index (Phi) is 4.39. The number of hydrogen-bond donors (Lipinski definition) is 0. The number of aldehydes is 1. The van der Waals surface area contributed by atoms with Gasteiger partial charge in [-0.1, -0.05) is 24.8 Å². The molecule has 0 heterocycles. The van der Waals surface area contributed by atoms with Crippen molar-refractivity contribution in [3.8, 4) is 0 Å². The summed E-state index contributed by atoms with van der Waals surface area (Å²) >= 11 is 0. The average Bonchev–Trinajstić information content (AvgIpc) is 2.28. The van der Waals surface area contributed by atoms with Crippen molar-refractivity contribution in [1.29, 1.82) is 0 Å². The van der Waals surface area contributed by atoms with Crippen molar-refractivity contribution < 1.29 is 14.0 Å². The lowest BCUT2D eigenvalue weighted by Crippen LogP contribution is -2.33. The molecule has 1 rings (SSSR count). The molecular formula is C12H12FNO2. The van der Waals surface area contributed by atoms with Crippen molar-refractivity contribution in [2.45, 2.75) is 0 Å². The molecule has 0 aliphatic rings. The molecule has 0 saturated carbocycles. The minimum absolute atomic E-state index is 0.142. The van der Waals surface area contributed by atoms with Crippen molar-refractivity contribution in [3.05, 3.63) is 48.3 Å². The van der Waals surface area contributed by atoms with Crippen LogP contribution in [0.2, 0.25) is 0 Å². The molecule has 0 N–H and O–H groups in total. The molecule has 0 unspecified atom stereocenters. The zero-order valence-corrected chi connectivity index (χ0v) is 8.73. The number of carbonyl (C=O) groups is 2. The summed E-state index contributed by atoms with van der Waals surface area (Å²) in [6, 6.07) is 8.41. The van der Waals surface area contributed by atoms with Gasteiger partial charge in [0.2, 0.25) is 0 Å². The summed E-state index contributed by atoms with van der Waals surface area (Å²) in [6.45, 7) is 2.68. The molecule has 4 heteroatoms. The fourth-order valence-corrected chi connectivity index (χ4v) is 1.28. The first-order valence-electron chi connectivity index (χ1n) is 4.76. The first-order valence-corrected chi connectivity index (χ1v) is 4.76. The van der Waals surface area contributed by atoms with Gasteiger partial charge in [0.25, 0.3) is 5.91 Å². The number of amides is 1. The van der Waals surface area contributed by atoms with Crippen LogP contribution in [0.15, 0.2) is 42.7 Å². The molecule has 0 fully saturated rings. The number of benzene rings is 1. The number of hydrogen-bond acceptors (Lipinski definition) is 2. The average molecular weight is 221 g/mol. The lowest BCUT2D eigenvalue weighted by Gasteiger charge is -2.18. The Balaban J connectivity index is 2.82. The molecular weight excluding hydrogens is 209 g/mol. The second-order valence-corrected chi connectivity index (χ2v) is 3.24. The summed E-state index contributed by atoms with van der Waals surface area (Å²) in [4.78, 5) is 23.3. The topological polar surface area (TPSA) is 37.4 Å².